The molecule has 1 N–H and O–H groups in total. The molecule has 0 saturated heterocycles. The summed E-state index contributed by atoms with van der Waals surface area (Å²) in [6, 6.07) is 1.82. The van der Waals surface area contributed by atoms with Crippen molar-refractivity contribution in [2.75, 3.05) is 0 Å². The number of amides is 1. The maximum Gasteiger partial charge on any atom is 0.291 e. The first-order valence-electron chi connectivity index (χ1n) is 7.36. The Morgan fingerprint density at radius 3 is 2.78 bits per heavy atom. The standard InChI is InChI=1S/C15H18N6OS/c1-5-15(4,13-17-9(2)8-23-13)19-12(22)11-18-14-16-7-6-10(3)21(14)20-11/h6-8H,5H2,1-4H3,(H,19,22)/t15-/m1/s1. The lowest BCUT2D eigenvalue weighted by Crippen LogP contribution is -2.43. The van der Waals surface area contributed by atoms with Crippen LogP contribution in [-0.2, 0) is 5.54 Å². The van der Waals surface area contributed by atoms with Gasteiger partial charge in [-0.25, -0.2) is 14.5 Å². The summed E-state index contributed by atoms with van der Waals surface area (Å²) in [4.78, 5) is 25.4. The van der Waals surface area contributed by atoms with E-state index in [2.05, 4.69) is 25.4 Å². The number of hydrogen-bond donors (Lipinski definition) is 1. The molecule has 0 radical (unpaired) electrons. The van der Waals surface area contributed by atoms with Gasteiger partial charge >= 0.3 is 0 Å². The number of fused-ring (bicyclic) bond motifs is 1. The summed E-state index contributed by atoms with van der Waals surface area (Å²) in [6.07, 6.45) is 2.37. The van der Waals surface area contributed by atoms with Gasteiger partial charge in [-0.15, -0.1) is 16.4 Å². The summed E-state index contributed by atoms with van der Waals surface area (Å²) in [5.74, 6) is 0.199. The van der Waals surface area contributed by atoms with Crippen LogP contribution in [0.15, 0.2) is 17.6 Å². The van der Waals surface area contributed by atoms with Gasteiger partial charge in [0, 0.05) is 23.0 Å². The largest absolute Gasteiger partial charge is 0.338 e. The molecule has 1 amide bonds. The van der Waals surface area contributed by atoms with Crippen molar-refractivity contribution in [2.45, 2.75) is 39.7 Å². The molecule has 120 valence electrons. The molecule has 0 aliphatic heterocycles. The molecule has 7 nitrogen and oxygen atoms in total. The van der Waals surface area contributed by atoms with Crippen molar-refractivity contribution in [2.24, 2.45) is 0 Å². The Morgan fingerprint density at radius 1 is 1.39 bits per heavy atom. The summed E-state index contributed by atoms with van der Waals surface area (Å²) < 4.78 is 1.56. The molecule has 3 aromatic rings. The van der Waals surface area contributed by atoms with E-state index in [0.717, 1.165) is 22.8 Å². The van der Waals surface area contributed by atoms with Crippen molar-refractivity contribution in [1.82, 2.24) is 29.9 Å². The second kappa shape index (κ2) is 5.69. The predicted molar refractivity (Wildman–Crippen MR) is 87.5 cm³/mol. The van der Waals surface area contributed by atoms with Crippen LogP contribution in [0.5, 0.6) is 0 Å². The summed E-state index contributed by atoms with van der Waals surface area (Å²) in [5.41, 5.74) is 1.27. The lowest BCUT2D eigenvalue weighted by Gasteiger charge is -2.26. The smallest absolute Gasteiger partial charge is 0.291 e. The molecule has 0 unspecified atom stereocenters. The molecule has 3 rings (SSSR count). The maximum absolute atomic E-state index is 12.6. The molecule has 1 atom stereocenters. The summed E-state index contributed by atoms with van der Waals surface area (Å²) in [6.45, 7) is 7.80. The Balaban J connectivity index is 1.91. The topological polar surface area (TPSA) is 85.1 Å². The second-order valence-corrected chi connectivity index (χ2v) is 6.53. The van der Waals surface area contributed by atoms with Gasteiger partial charge in [-0.1, -0.05) is 6.92 Å². The lowest BCUT2D eigenvalue weighted by atomic mass is 10.00. The molecule has 0 aliphatic carbocycles. The Kier molecular flexibility index (Phi) is 3.85. The van der Waals surface area contributed by atoms with Crippen molar-refractivity contribution >= 4 is 23.0 Å². The van der Waals surface area contributed by atoms with Crippen molar-refractivity contribution in [3.05, 3.63) is 39.9 Å². The van der Waals surface area contributed by atoms with E-state index in [1.54, 1.807) is 22.0 Å². The molecule has 3 heterocycles. The van der Waals surface area contributed by atoms with Gasteiger partial charge in [0.05, 0.1) is 5.54 Å². The molecule has 23 heavy (non-hydrogen) atoms. The molecule has 8 heteroatoms. The number of thiazole rings is 1. The van der Waals surface area contributed by atoms with E-state index in [9.17, 15) is 4.79 Å². The van der Waals surface area contributed by atoms with Crippen molar-refractivity contribution in [3.8, 4) is 0 Å². The third-order valence-electron chi connectivity index (χ3n) is 3.82. The number of hydrogen-bond acceptors (Lipinski definition) is 6. The van der Waals surface area contributed by atoms with Gasteiger partial charge in [0.1, 0.15) is 5.01 Å². The Bertz CT molecular complexity index is 870. The SMILES string of the molecule is CC[C@@](C)(NC(=O)c1nc2nccc(C)n2n1)c1nc(C)cs1. The Labute approximate surface area is 137 Å². The first-order chi connectivity index (χ1) is 10.9. The van der Waals surface area contributed by atoms with Crippen LogP contribution < -0.4 is 5.32 Å². The number of nitrogens with zero attached hydrogens (tertiary/aromatic N) is 5. The fourth-order valence-corrected chi connectivity index (χ4v) is 3.20. The van der Waals surface area contributed by atoms with Crippen LogP contribution in [0.1, 0.15) is 47.3 Å². The Hall–Kier alpha value is -2.35. The number of rotatable bonds is 4. The number of aromatic nitrogens is 5. The lowest BCUT2D eigenvalue weighted by molar-refractivity contribution is 0.0891. The highest BCUT2D eigenvalue weighted by molar-refractivity contribution is 7.09. The van der Waals surface area contributed by atoms with Gasteiger partial charge in [0.2, 0.25) is 5.82 Å². The molecule has 0 fully saturated rings. The van der Waals surface area contributed by atoms with Crippen LogP contribution in [0, 0.1) is 13.8 Å². The molecule has 0 aromatic carbocycles. The van der Waals surface area contributed by atoms with Gasteiger partial charge in [-0.3, -0.25) is 4.79 Å². The number of nitrogens with one attached hydrogen (secondary N) is 1. The van der Waals surface area contributed by atoms with Crippen LogP contribution in [0.4, 0.5) is 0 Å². The third-order valence-corrected chi connectivity index (χ3v) is 5.04. The number of carbonyl (C=O) groups is 1. The highest BCUT2D eigenvalue weighted by Gasteiger charge is 2.31. The van der Waals surface area contributed by atoms with Gasteiger partial charge in [-0.2, -0.15) is 4.98 Å². The predicted octanol–water partition coefficient (Wildman–Crippen LogP) is 2.25. The average molecular weight is 330 g/mol. The van der Waals surface area contributed by atoms with Crippen molar-refractivity contribution in [3.63, 3.8) is 0 Å². The van der Waals surface area contributed by atoms with Crippen molar-refractivity contribution in [1.29, 1.82) is 0 Å². The minimum atomic E-state index is -0.546. The van der Waals surface area contributed by atoms with Crippen LogP contribution >= 0.6 is 11.3 Å². The fourth-order valence-electron chi connectivity index (χ4n) is 2.21. The quantitative estimate of drug-likeness (QED) is 0.793. The number of aryl methyl sites for hydroxylation is 2. The third kappa shape index (κ3) is 2.81. The fraction of sp³-hybridized carbons (Fsp3) is 0.400. The van der Waals surface area contributed by atoms with Gasteiger partial charge in [0.15, 0.2) is 0 Å². The van der Waals surface area contributed by atoms with E-state index in [1.165, 1.54) is 0 Å². The van der Waals surface area contributed by atoms with Gasteiger partial charge < -0.3 is 5.32 Å². The molecular formula is C15H18N6OS. The summed E-state index contributed by atoms with van der Waals surface area (Å²) in [5, 5.41) is 10.1. The monoisotopic (exact) mass is 330 g/mol. The second-order valence-electron chi connectivity index (χ2n) is 5.67. The van der Waals surface area contributed by atoms with Gasteiger partial charge in [0.25, 0.3) is 11.7 Å². The van der Waals surface area contributed by atoms with Crippen molar-refractivity contribution < 1.29 is 4.79 Å². The molecule has 3 aromatic heterocycles. The molecule has 0 saturated carbocycles. The normalized spacial score (nSPS) is 13.9. The zero-order valence-electron chi connectivity index (χ0n) is 13.5. The van der Waals surface area contributed by atoms with Gasteiger partial charge in [-0.05, 0) is 33.3 Å². The number of carbonyl (C=O) groups excluding carboxylic acids is 1. The summed E-state index contributed by atoms with van der Waals surface area (Å²) in [7, 11) is 0. The van der Waals surface area contributed by atoms with Crippen LogP contribution in [0.3, 0.4) is 0 Å². The molecular weight excluding hydrogens is 312 g/mol. The minimum absolute atomic E-state index is 0.111. The zero-order valence-corrected chi connectivity index (χ0v) is 14.3. The minimum Gasteiger partial charge on any atom is -0.338 e. The molecule has 0 bridgehead atoms. The Morgan fingerprint density at radius 2 is 2.17 bits per heavy atom. The van der Waals surface area contributed by atoms with E-state index in [1.807, 2.05) is 39.1 Å². The first kappa shape index (κ1) is 15.5. The highest BCUT2D eigenvalue weighted by atomic mass is 32.1. The highest BCUT2D eigenvalue weighted by Crippen LogP contribution is 2.27. The van der Waals surface area contributed by atoms with E-state index in [4.69, 9.17) is 0 Å². The molecule has 0 aliphatic rings. The maximum atomic E-state index is 12.6. The van der Waals surface area contributed by atoms with E-state index < -0.39 is 5.54 Å². The van der Waals surface area contributed by atoms with E-state index in [-0.39, 0.29) is 11.7 Å². The summed E-state index contributed by atoms with van der Waals surface area (Å²) >= 11 is 1.54. The van der Waals surface area contributed by atoms with Crippen LogP contribution in [0.25, 0.3) is 5.78 Å². The van der Waals surface area contributed by atoms with Crippen LogP contribution in [-0.4, -0.2) is 30.5 Å². The zero-order chi connectivity index (χ0) is 16.6. The first-order valence-corrected chi connectivity index (χ1v) is 8.24. The average Bonchev–Trinajstić information content (AvgIpc) is 3.14. The van der Waals surface area contributed by atoms with E-state index in [0.29, 0.717) is 5.78 Å². The molecule has 0 spiro atoms. The van der Waals surface area contributed by atoms with E-state index >= 15 is 0 Å². The van der Waals surface area contributed by atoms with Crippen LogP contribution in [0.2, 0.25) is 0 Å².